The highest BCUT2D eigenvalue weighted by Gasteiger charge is 2.31. The first-order valence-corrected chi connectivity index (χ1v) is 5.26. The normalized spacial score (nSPS) is 26.4. The third-order valence-corrected chi connectivity index (χ3v) is 2.86. The molecular formula is C10H18N2O4. The van der Waals surface area contributed by atoms with E-state index in [4.69, 9.17) is 5.11 Å². The average molecular weight is 230 g/mol. The van der Waals surface area contributed by atoms with Crippen LogP contribution in [0.25, 0.3) is 0 Å². The van der Waals surface area contributed by atoms with Crippen LogP contribution in [-0.2, 0) is 14.3 Å². The van der Waals surface area contributed by atoms with Crippen LogP contribution >= 0.6 is 0 Å². The first kappa shape index (κ1) is 12.9. The molecule has 0 amide bonds. The molecule has 1 fully saturated rings. The Labute approximate surface area is 94.6 Å². The van der Waals surface area contributed by atoms with Gasteiger partial charge in [-0.25, -0.2) is 0 Å². The Bertz CT molecular complexity index is 270. The van der Waals surface area contributed by atoms with Crippen molar-refractivity contribution >= 4 is 11.9 Å². The monoisotopic (exact) mass is 230 g/mol. The predicted molar refractivity (Wildman–Crippen MR) is 57.0 cm³/mol. The molecule has 2 atom stereocenters. The fourth-order valence-corrected chi connectivity index (χ4v) is 1.95. The molecule has 1 aliphatic rings. The Morgan fingerprint density at radius 2 is 2.19 bits per heavy atom. The zero-order valence-electron chi connectivity index (χ0n) is 9.60. The van der Waals surface area contributed by atoms with Gasteiger partial charge < -0.3 is 15.2 Å². The number of methoxy groups -OCH3 is 1. The fourth-order valence-electron chi connectivity index (χ4n) is 1.95. The van der Waals surface area contributed by atoms with Gasteiger partial charge in [0.1, 0.15) is 0 Å². The van der Waals surface area contributed by atoms with Crippen molar-refractivity contribution in [3.05, 3.63) is 0 Å². The van der Waals surface area contributed by atoms with Gasteiger partial charge in [0.2, 0.25) is 0 Å². The number of piperidine rings is 1. The number of carbonyl (C=O) groups is 2. The molecule has 1 rings (SSSR count). The van der Waals surface area contributed by atoms with Crippen LogP contribution in [0, 0.1) is 5.92 Å². The van der Waals surface area contributed by atoms with Gasteiger partial charge in [-0.2, -0.15) is 0 Å². The topological polar surface area (TPSA) is 78.9 Å². The third-order valence-electron chi connectivity index (χ3n) is 2.86. The summed E-state index contributed by atoms with van der Waals surface area (Å²) in [5.74, 6) is -1.56. The van der Waals surface area contributed by atoms with Crippen molar-refractivity contribution in [3.63, 3.8) is 0 Å². The highest BCUT2D eigenvalue weighted by atomic mass is 16.5. The van der Waals surface area contributed by atoms with E-state index in [1.807, 2.05) is 4.90 Å². The number of aliphatic carboxylic acids is 1. The maximum Gasteiger partial charge on any atom is 0.319 e. The number of carboxylic acids is 1. The summed E-state index contributed by atoms with van der Waals surface area (Å²) < 4.78 is 4.57. The molecule has 0 saturated carbocycles. The second-order valence-electron chi connectivity index (χ2n) is 4.03. The smallest absolute Gasteiger partial charge is 0.319 e. The lowest BCUT2D eigenvalue weighted by atomic mass is 9.94. The summed E-state index contributed by atoms with van der Waals surface area (Å²) in [6.45, 7) is 1.23. The van der Waals surface area contributed by atoms with Crippen LogP contribution in [0.1, 0.15) is 6.42 Å². The molecule has 0 aliphatic carbocycles. The Morgan fingerprint density at radius 1 is 1.50 bits per heavy atom. The standard InChI is InChI=1S/C10H18N2O4/c1-11-8-3-7(10(14)15)4-12(5-8)6-9(13)16-2/h7-8,11H,3-6H2,1-2H3,(H,14,15). The van der Waals surface area contributed by atoms with Crippen molar-refractivity contribution in [1.29, 1.82) is 0 Å². The van der Waals surface area contributed by atoms with Gasteiger partial charge in [0, 0.05) is 19.1 Å². The number of nitrogens with one attached hydrogen (secondary N) is 1. The number of nitrogens with zero attached hydrogens (tertiary/aromatic N) is 1. The number of carbonyl (C=O) groups excluding carboxylic acids is 1. The Morgan fingerprint density at radius 3 is 2.69 bits per heavy atom. The predicted octanol–water partition coefficient (Wildman–Crippen LogP) is -0.846. The van der Waals surface area contributed by atoms with Crippen LogP contribution in [0.15, 0.2) is 0 Å². The van der Waals surface area contributed by atoms with Crippen LogP contribution in [0.4, 0.5) is 0 Å². The number of hydrogen-bond donors (Lipinski definition) is 2. The maximum atomic E-state index is 11.1. The van der Waals surface area contributed by atoms with Gasteiger partial charge in [-0.3, -0.25) is 14.5 Å². The Balaban J connectivity index is 2.57. The first-order valence-electron chi connectivity index (χ1n) is 5.26. The third kappa shape index (κ3) is 3.46. The lowest BCUT2D eigenvalue weighted by Gasteiger charge is -2.35. The largest absolute Gasteiger partial charge is 0.481 e. The molecule has 0 aromatic rings. The van der Waals surface area contributed by atoms with Crippen molar-refractivity contribution in [3.8, 4) is 0 Å². The van der Waals surface area contributed by atoms with Crippen LogP contribution in [-0.4, -0.2) is 61.8 Å². The summed E-state index contributed by atoms with van der Waals surface area (Å²) in [6.07, 6.45) is 0.601. The fraction of sp³-hybridized carbons (Fsp3) is 0.800. The average Bonchev–Trinajstić information content (AvgIpc) is 2.28. The summed E-state index contributed by atoms with van der Waals surface area (Å²) in [5.41, 5.74) is 0. The molecule has 2 N–H and O–H groups in total. The molecule has 0 bridgehead atoms. The number of hydrogen-bond acceptors (Lipinski definition) is 5. The van der Waals surface area contributed by atoms with E-state index >= 15 is 0 Å². The minimum atomic E-state index is -0.810. The van der Waals surface area contributed by atoms with E-state index in [-0.39, 0.29) is 18.6 Å². The van der Waals surface area contributed by atoms with E-state index in [1.54, 1.807) is 7.05 Å². The van der Waals surface area contributed by atoms with Gasteiger partial charge in [0.15, 0.2) is 0 Å². The number of ether oxygens (including phenoxy) is 1. The molecule has 0 aromatic carbocycles. The van der Waals surface area contributed by atoms with E-state index < -0.39 is 11.9 Å². The first-order chi connectivity index (χ1) is 7.56. The molecule has 0 spiro atoms. The number of likely N-dealkylation sites (N-methyl/N-ethyl adjacent to an activating group) is 1. The van der Waals surface area contributed by atoms with Crippen molar-refractivity contribution in [2.75, 3.05) is 33.8 Å². The van der Waals surface area contributed by atoms with Gasteiger partial charge in [-0.1, -0.05) is 0 Å². The summed E-state index contributed by atoms with van der Waals surface area (Å²) in [5, 5.41) is 12.0. The molecule has 1 saturated heterocycles. The van der Waals surface area contributed by atoms with E-state index in [2.05, 4.69) is 10.1 Å². The summed E-state index contributed by atoms with van der Waals surface area (Å²) >= 11 is 0. The molecule has 1 heterocycles. The zero-order valence-corrected chi connectivity index (χ0v) is 9.60. The van der Waals surface area contributed by atoms with Gasteiger partial charge in [0.05, 0.1) is 19.6 Å². The van der Waals surface area contributed by atoms with Crippen molar-refractivity contribution in [2.24, 2.45) is 5.92 Å². The molecule has 92 valence electrons. The zero-order chi connectivity index (χ0) is 12.1. The van der Waals surface area contributed by atoms with Crippen LogP contribution in [0.5, 0.6) is 0 Å². The Hall–Kier alpha value is -1.14. The lowest BCUT2D eigenvalue weighted by molar-refractivity contribution is -0.147. The molecular weight excluding hydrogens is 212 g/mol. The van der Waals surface area contributed by atoms with Gasteiger partial charge in [-0.15, -0.1) is 0 Å². The lowest BCUT2D eigenvalue weighted by Crippen LogP contribution is -2.51. The number of likely N-dealkylation sites (tertiary alicyclic amines) is 1. The molecule has 2 unspecified atom stereocenters. The van der Waals surface area contributed by atoms with Crippen molar-refractivity contribution in [1.82, 2.24) is 10.2 Å². The summed E-state index contributed by atoms with van der Waals surface area (Å²) in [4.78, 5) is 23.9. The molecule has 1 aliphatic heterocycles. The van der Waals surface area contributed by atoms with Crippen LogP contribution in [0.2, 0.25) is 0 Å². The molecule has 16 heavy (non-hydrogen) atoms. The van der Waals surface area contributed by atoms with E-state index in [9.17, 15) is 9.59 Å². The van der Waals surface area contributed by atoms with E-state index in [1.165, 1.54) is 7.11 Å². The minimum absolute atomic E-state index is 0.111. The molecule has 6 nitrogen and oxygen atoms in total. The number of carboxylic acid groups (broad SMARTS) is 1. The molecule has 0 aromatic heterocycles. The van der Waals surface area contributed by atoms with Crippen LogP contribution < -0.4 is 5.32 Å². The maximum absolute atomic E-state index is 11.1. The van der Waals surface area contributed by atoms with Crippen molar-refractivity contribution < 1.29 is 19.4 Å². The summed E-state index contributed by atoms with van der Waals surface area (Å²) in [6, 6.07) is 0.111. The van der Waals surface area contributed by atoms with Gasteiger partial charge >= 0.3 is 11.9 Å². The number of esters is 1. The van der Waals surface area contributed by atoms with Gasteiger partial charge in [-0.05, 0) is 13.5 Å². The second kappa shape index (κ2) is 5.81. The Kier molecular flexibility index (Phi) is 4.70. The SMILES string of the molecule is CNC1CC(C(=O)O)CN(CC(=O)OC)C1. The number of rotatable bonds is 4. The molecule has 6 heteroatoms. The van der Waals surface area contributed by atoms with Gasteiger partial charge in [0.25, 0.3) is 0 Å². The second-order valence-corrected chi connectivity index (χ2v) is 4.03. The van der Waals surface area contributed by atoms with E-state index in [0.29, 0.717) is 19.5 Å². The van der Waals surface area contributed by atoms with Crippen LogP contribution in [0.3, 0.4) is 0 Å². The highest BCUT2D eigenvalue weighted by Crippen LogP contribution is 2.16. The highest BCUT2D eigenvalue weighted by molar-refractivity contribution is 5.72. The van der Waals surface area contributed by atoms with E-state index in [0.717, 1.165) is 0 Å². The quantitative estimate of drug-likeness (QED) is 0.613. The summed E-state index contributed by atoms with van der Waals surface area (Å²) in [7, 11) is 3.13. The molecule has 0 radical (unpaired) electrons. The minimum Gasteiger partial charge on any atom is -0.481 e. The van der Waals surface area contributed by atoms with Crippen molar-refractivity contribution in [2.45, 2.75) is 12.5 Å².